The lowest BCUT2D eigenvalue weighted by atomic mass is 10.0. The van der Waals surface area contributed by atoms with E-state index >= 15 is 0 Å². The molecule has 0 spiro atoms. The molecule has 186 valence electrons. The van der Waals surface area contributed by atoms with Crippen molar-refractivity contribution >= 4 is 21.6 Å². The number of ether oxygens (including phenoxy) is 2. The molecule has 0 aliphatic carbocycles. The zero-order valence-corrected chi connectivity index (χ0v) is 21.4. The molecule has 8 nitrogen and oxygen atoms in total. The number of anilines is 1. The summed E-state index contributed by atoms with van der Waals surface area (Å²) >= 11 is 0. The Balaban J connectivity index is 1.78. The summed E-state index contributed by atoms with van der Waals surface area (Å²) in [5.41, 5.74) is 1.73. The molecule has 0 radical (unpaired) electrons. The molecule has 0 unspecified atom stereocenters. The van der Waals surface area contributed by atoms with Crippen molar-refractivity contribution in [2.24, 2.45) is 0 Å². The highest BCUT2D eigenvalue weighted by atomic mass is 32.2. The third-order valence-electron chi connectivity index (χ3n) is 5.75. The minimum atomic E-state index is -3.83. The number of hydrogen-bond donors (Lipinski definition) is 1. The Hall–Kier alpha value is -3.56. The van der Waals surface area contributed by atoms with Crippen LogP contribution in [0.3, 0.4) is 0 Å². The first-order chi connectivity index (χ1) is 16.7. The van der Waals surface area contributed by atoms with E-state index in [4.69, 9.17) is 9.47 Å². The van der Waals surface area contributed by atoms with Crippen molar-refractivity contribution in [3.05, 3.63) is 83.9 Å². The standard InChI is InChI=1S/C26H31N3O5S/c1-28(2)23(19-14-15-24(33-4)25(17-19)34-5)18-27-26(30)20-10-9-13-22(16-20)35(31,32)29(3)21-11-7-6-8-12-21/h6-17,23H,18H2,1-5H3,(H,27,30)/t23-/m0/s1. The quantitative estimate of drug-likeness (QED) is 0.461. The van der Waals surface area contributed by atoms with Gasteiger partial charge in [0.1, 0.15) is 0 Å². The summed E-state index contributed by atoms with van der Waals surface area (Å²) in [5, 5.41) is 2.92. The van der Waals surface area contributed by atoms with E-state index in [0.717, 1.165) is 5.56 Å². The predicted molar refractivity (Wildman–Crippen MR) is 137 cm³/mol. The fourth-order valence-corrected chi connectivity index (χ4v) is 4.92. The molecule has 0 aromatic heterocycles. The van der Waals surface area contributed by atoms with E-state index in [2.05, 4.69) is 5.32 Å². The van der Waals surface area contributed by atoms with Crippen molar-refractivity contribution in [2.45, 2.75) is 10.9 Å². The third-order valence-corrected chi connectivity index (χ3v) is 7.53. The fraction of sp³-hybridized carbons (Fsp3) is 0.269. The number of para-hydroxylation sites is 1. The summed E-state index contributed by atoms with van der Waals surface area (Å²) < 4.78 is 38.2. The molecule has 0 aliphatic heterocycles. The van der Waals surface area contributed by atoms with Gasteiger partial charge in [0.25, 0.3) is 15.9 Å². The lowest BCUT2D eigenvalue weighted by molar-refractivity contribution is 0.0941. The number of hydrogen-bond acceptors (Lipinski definition) is 6. The number of rotatable bonds is 10. The number of carbonyl (C=O) groups excluding carboxylic acids is 1. The summed E-state index contributed by atoms with van der Waals surface area (Å²) in [4.78, 5) is 15.0. The highest BCUT2D eigenvalue weighted by Gasteiger charge is 2.23. The monoisotopic (exact) mass is 497 g/mol. The zero-order valence-electron chi connectivity index (χ0n) is 20.6. The minimum absolute atomic E-state index is 0.0422. The van der Waals surface area contributed by atoms with E-state index in [1.54, 1.807) is 50.6 Å². The van der Waals surface area contributed by atoms with Crippen LogP contribution in [-0.2, 0) is 10.0 Å². The normalized spacial score (nSPS) is 12.2. The van der Waals surface area contributed by atoms with Gasteiger partial charge in [-0.05, 0) is 62.1 Å². The van der Waals surface area contributed by atoms with Gasteiger partial charge >= 0.3 is 0 Å². The van der Waals surface area contributed by atoms with Gasteiger partial charge in [-0.3, -0.25) is 9.10 Å². The maximum atomic E-state index is 13.1. The van der Waals surface area contributed by atoms with E-state index in [1.807, 2.05) is 43.3 Å². The maximum absolute atomic E-state index is 13.1. The second-order valence-corrected chi connectivity index (χ2v) is 10.1. The van der Waals surface area contributed by atoms with Crippen LogP contribution in [-0.4, -0.2) is 61.1 Å². The molecule has 1 amide bonds. The van der Waals surface area contributed by atoms with Crippen LogP contribution < -0.4 is 19.1 Å². The Kier molecular flexibility index (Phi) is 8.37. The molecule has 3 rings (SSSR count). The Bertz CT molecular complexity index is 1260. The Morgan fingerprint density at radius 3 is 2.20 bits per heavy atom. The second-order valence-electron chi connectivity index (χ2n) is 8.14. The van der Waals surface area contributed by atoms with Gasteiger partial charge in [-0.2, -0.15) is 0 Å². The number of likely N-dealkylation sites (N-methyl/N-ethyl adjacent to an activating group) is 1. The Morgan fingerprint density at radius 2 is 1.57 bits per heavy atom. The molecule has 0 fully saturated rings. The van der Waals surface area contributed by atoms with Gasteiger partial charge in [-0.15, -0.1) is 0 Å². The first-order valence-corrected chi connectivity index (χ1v) is 12.4. The van der Waals surface area contributed by atoms with Crippen molar-refractivity contribution in [1.82, 2.24) is 10.2 Å². The summed E-state index contributed by atoms with van der Waals surface area (Å²) in [6, 6.07) is 20.3. The van der Waals surface area contributed by atoms with Crippen molar-refractivity contribution < 1.29 is 22.7 Å². The van der Waals surface area contributed by atoms with E-state index in [-0.39, 0.29) is 22.4 Å². The molecule has 0 saturated carbocycles. The maximum Gasteiger partial charge on any atom is 0.264 e. The molecule has 1 N–H and O–H groups in total. The van der Waals surface area contributed by atoms with Crippen LogP contribution in [0.25, 0.3) is 0 Å². The number of nitrogens with one attached hydrogen (secondary N) is 1. The van der Waals surface area contributed by atoms with Gasteiger partial charge < -0.3 is 19.7 Å². The molecule has 3 aromatic rings. The average Bonchev–Trinajstić information content (AvgIpc) is 2.88. The first-order valence-electron chi connectivity index (χ1n) is 11.0. The number of nitrogens with zero attached hydrogens (tertiary/aromatic N) is 2. The van der Waals surface area contributed by atoms with Crippen LogP contribution in [0.2, 0.25) is 0 Å². The van der Waals surface area contributed by atoms with Crippen molar-refractivity contribution in [3.63, 3.8) is 0 Å². The van der Waals surface area contributed by atoms with Crippen LogP contribution in [0.4, 0.5) is 5.69 Å². The summed E-state index contributed by atoms with van der Waals surface area (Å²) in [5.74, 6) is 0.858. The second kappa shape index (κ2) is 11.2. The summed E-state index contributed by atoms with van der Waals surface area (Å²) in [6.07, 6.45) is 0. The van der Waals surface area contributed by atoms with Crippen molar-refractivity contribution in [2.75, 3.05) is 46.2 Å². The predicted octanol–water partition coefficient (Wildman–Crippen LogP) is 3.56. The van der Waals surface area contributed by atoms with E-state index in [0.29, 0.717) is 23.7 Å². The molecule has 0 bridgehead atoms. The van der Waals surface area contributed by atoms with Crippen LogP contribution in [0, 0.1) is 0 Å². The van der Waals surface area contributed by atoms with Crippen LogP contribution in [0.15, 0.2) is 77.7 Å². The molecule has 35 heavy (non-hydrogen) atoms. The highest BCUT2D eigenvalue weighted by molar-refractivity contribution is 7.92. The number of amides is 1. The molecule has 0 aliphatic rings. The smallest absolute Gasteiger partial charge is 0.264 e. The lowest BCUT2D eigenvalue weighted by Crippen LogP contribution is -2.34. The van der Waals surface area contributed by atoms with Crippen LogP contribution in [0.1, 0.15) is 22.0 Å². The zero-order chi connectivity index (χ0) is 25.6. The summed E-state index contributed by atoms with van der Waals surface area (Å²) in [7, 11) is 4.64. The van der Waals surface area contributed by atoms with Crippen molar-refractivity contribution in [3.8, 4) is 11.5 Å². The van der Waals surface area contributed by atoms with Crippen molar-refractivity contribution in [1.29, 1.82) is 0 Å². The van der Waals surface area contributed by atoms with Gasteiger partial charge in [0.05, 0.1) is 30.8 Å². The third kappa shape index (κ3) is 5.93. The topological polar surface area (TPSA) is 88.2 Å². The number of benzene rings is 3. The van der Waals surface area contributed by atoms with Crippen LogP contribution >= 0.6 is 0 Å². The average molecular weight is 498 g/mol. The van der Waals surface area contributed by atoms with Gasteiger partial charge in [0, 0.05) is 19.2 Å². The largest absolute Gasteiger partial charge is 0.493 e. The molecular formula is C26H31N3O5S. The highest BCUT2D eigenvalue weighted by Crippen LogP contribution is 2.31. The van der Waals surface area contributed by atoms with Gasteiger partial charge in [-0.25, -0.2) is 8.42 Å². The number of sulfonamides is 1. The molecular weight excluding hydrogens is 466 g/mol. The SMILES string of the molecule is COc1ccc([C@H](CNC(=O)c2cccc(S(=O)(=O)N(C)c3ccccc3)c2)N(C)C)cc1OC. The number of methoxy groups -OCH3 is 2. The molecule has 9 heteroatoms. The van der Waals surface area contributed by atoms with E-state index in [9.17, 15) is 13.2 Å². The number of carbonyl (C=O) groups is 1. The van der Waals surface area contributed by atoms with E-state index < -0.39 is 10.0 Å². The molecule has 0 heterocycles. The minimum Gasteiger partial charge on any atom is -0.493 e. The van der Waals surface area contributed by atoms with Crippen LogP contribution in [0.5, 0.6) is 11.5 Å². The Labute approximate surface area is 207 Å². The Morgan fingerprint density at radius 1 is 0.886 bits per heavy atom. The molecule has 1 atom stereocenters. The van der Waals surface area contributed by atoms with Gasteiger partial charge in [0.15, 0.2) is 11.5 Å². The van der Waals surface area contributed by atoms with Gasteiger partial charge in [-0.1, -0.05) is 30.3 Å². The molecule has 3 aromatic carbocycles. The molecule has 0 saturated heterocycles. The fourth-order valence-electron chi connectivity index (χ4n) is 3.68. The van der Waals surface area contributed by atoms with E-state index in [1.165, 1.54) is 23.5 Å². The summed E-state index contributed by atoms with van der Waals surface area (Å²) in [6.45, 7) is 0.308. The first kappa shape index (κ1) is 26.1. The lowest BCUT2D eigenvalue weighted by Gasteiger charge is -2.26. The van der Waals surface area contributed by atoms with Gasteiger partial charge in [0.2, 0.25) is 0 Å².